The predicted molar refractivity (Wildman–Crippen MR) is 116 cm³/mol. The van der Waals surface area contributed by atoms with Crippen LogP contribution in [0.2, 0.25) is 0 Å². The number of carboxylic acids is 1. The molecule has 8 N–H and O–H groups in total. The van der Waals surface area contributed by atoms with E-state index in [0.717, 1.165) is 5.56 Å². The summed E-state index contributed by atoms with van der Waals surface area (Å²) in [6, 6.07) is 5.12. The van der Waals surface area contributed by atoms with Gasteiger partial charge < -0.3 is 32.5 Å². The molecule has 0 spiro atoms. The molecule has 0 bridgehead atoms. The second kappa shape index (κ2) is 13.1. The Balaban J connectivity index is 3.04. The summed E-state index contributed by atoms with van der Waals surface area (Å²) < 4.78 is 0. The smallest absolute Gasteiger partial charge is 0.326 e. The number of hydrogen-bond acceptors (Lipinski definition) is 6. The number of benzene rings is 1. The number of rotatable bonds is 13. The third-order valence-corrected chi connectivity index (χ3v) is 4.93. The third kappa shape index (κ3) is 8.72. The Kier molecular flexibility index (Phi) is 10.8. The largest absolute Gasteiger partial charge is 0.480 e. The van der Waals surface area contributed by atoms with Crippen molar-refractivity contribution in [3.05, 3.63) is 35.9 Å². The minimum atomic E-state index is -1.42. The molecule has 4 atom stereocenters. The summed E-state index contributed by atoms with van der Waals surface area (Å²) in [5.74, 6) is -4.70. The molecule has 4 amide bonds. The molecule has 0 fully saturated rings. The minimum absolute atomic E-state index is 0.105. The van der Waals surface area contributed by atoms with Crippen molar-refractivity contribution in [1.82, 2.24) is 16.0 Å². The highest BCUT2D eigenvalue weighted by molar-refractivity contribution is 5.95. The van der Waals surface area contributed by atoms with Gasteiger partial charge in [-0.25, -0.2) is 4.79 Å². The number of nitrogens with one attached hydrogen (secondary N) is 3. The standard InChI is InChI=1S/C21H31N5O6/c1-3-12(2)18(21(31)32)26-20(30)15(10-16(23)27)25-19(29)14(24-17(28)11-22)9-13-7-5-4-6-8-13/h4-8,12,14-15,18H,3,9-11,22H2,1-2H3,(H2,23,27)(H,24,28)(H,25,29)(H,26,30)(H,31,32). The van der Waals surface area contributed by atoms with Crippen molar-refractivity contribution in [1.29, 1.82) is 0 Å². The number of carboxylic acid groups (broad SMARTS) is 1. The van der Waals surface area contributed by atoms with Gasteiger partial charge in [0.25, 0.3) is 0 Å². The maximum Gasteiger partial charge on any atom is 0.326 e. The van der Waals surface area contributed by atoms with Gasteiger partial charge in [0.05, 0.1) is 13.0 Å². The topological polar surface area (TPSA) is 194 Å². The van der Waals surface area contributed by atoms with Gasteiger partial charge in [-0.15, -0.1) is 0 Å². The number of aliphatic carboxylic acids is 1. The Hall–Kier alpha value is -3.47. The van der Waals surface area contributed by atoms with Crippen LogP contribution in [0.15, 0.2) is 30.3 Å². The van der Waals surface area contributed by atoms with Crippen LogP contribution in [-0.2, 0) is 30.4 Å². The summed E-state index contributed by atoms with van der Waals surface area (Å²) in [6.07, 6.45) is 0.0373. The number of nitrogens with two attached hydrogens (primary N) is 2. The van der Waals surface area contributed by atoms with Crippen molar-refractivity contribution in [3.8, 4) is 0 Å². The molecule has 11 nitrogen and oxygen atoms in total. The fraction of sp³-hybridized carbons (Fsp3) is 0.476. The van der Waals surface area contributed by atoms with Gasteiger partial charge in [-0.05, 0) is 11.5 Å². The normalized spacial score (nSPS) is 14.3. The molecule has 0 saturated carbocycles. The highest BCUT2D eigenvalue weighted by atomic mass is 16.4. The van der Waals surface area contributed by atoms with Crippen LogP contribution in [0.3, 0.4) is 0 Å². The van der Waals surface area contributed by atoms with Crippen molar-refractivity contribution >= 4 is 29.6 Å². The number of hydrogen-bond donors (Lipinski definition) is 6. The van der Waals surface area contributed by atoms with E-state index in [9.17, 15) is 29.1 Å². The van der Waals surface area contributed by atoms with Crippen LogP contribution in [0.1, 0.15) is 32.3 Å². The molecule has 1 rings (SSSR count). The number of carbonyl (C=O) groups excluding carboxylic acids is 4. The Morgan fingerprint density at radius 1 is 0.969 bits per heavy atom. The van der Waals surface area contributed by atoms with Gasteiger partial charge in [-0.1, -0.05) is 50.6 Å². The summed E-state index contributed by atoms with van der Waals surface area (Å²) >= 11 is 0. The van der Waals surface area contributed by atoms with Crippen molar-refractivity contribution in [2.24, 2.45) is 17.4 Å². The van der Waals surface area contributed by atoms with Crippen molar-refractivity contribution in [2.45, 2.75) is 51.2 Å². The maximum absolute atomic E-state index is 12.9. The highest BCUT2D eigenvalue weighted by Crippen LogP contribution is 2.09. The Labute approximate surface area is 186 Å². The molecule has 0 radical (unpaired) electrons. The quantitative estimate of drug-likeness (QED) is 0.214. The molecule has 11 heteroatoms. The fourth-order valence-corrected chi connectivity index (χ4v) is 2.93. The van der Waals surface area contributed by atoms with Crippen LogP contribution >= 0.6 is 0 Å². The van der Waals surface area contributed by atoms with Gasteiger partial charge in [0.1, 0.15) is 18.1 Å². The Bertz CT molecular complexity index is 816. The number of amides is 4. The van der Waals surface area contributed by atoms with E-state index in [1.165, 1.54) is 0 Å². The average molecular weight is 450 g/mol. The summed E-state index contributed by atoms with van der Waals surface area (Å²) in [5.41, 5.74) is 11.3. The SMILES string of the molecule is CCC(C)C(NC(=O)C(CC(N)=O)NC(=O)C(Cc1ccccc1)NC(=O)CN)C(=O)O. The molecular formula is C21H31N5O6. The summed E-state index contributed by atoms with van der Waals surface area (Å²) in [4.78, 5) is 60.4. The first-order valence-electron chi connectivity index (χ1n) is 10.2. The van der Waals surface area contributed by atoms with Crippen LogP contribution in [-0.4, -0.2) is 59.4 Å². The van der Waals surface area contributed by atoms with Crippen molar-refractivity contribution in [2.75, 3.05) is 6.54 Å². The van der Waals surface area contributed by atoms with E-state index in [1.807, 2.05) is 0 Å². The van der Waals surface area contributed by atoms with Crippen molar-refractivity contribution in [3.63, 3.8) is 0 Å². The first kappa shape index (κ1) is 26.6. The molecule has 0 aromatic heterocycles. The van der Waals surface area contributed by atoms with Crippen LogP contribution in [0.4, 0.5) is 0 Å². The lowest BCUT2D eigenvalue weighted by Gasteiger charge is -2.25. The molecule has 0 aliphatic carbocycles. The lowest BCUT2D eigenvalue weighted by atomic mass is 9.98. The van der Waals surface area contributed by atoms with E-state index in [0.29, 0.717) is 6.42 Å². The van der Waals surface area contributed by atoms with Gasteiger partial charge >= 0.3 is 5.97 Å². The third-order valence-electron chi connectivity index (χ3n) is 4.93. The predicted octanol–water partition coefficient (Wildman–Crippen LogP) is -1.35. The number of carbonyl (C=O) groups is 5. The average Bonchev–Trinajstić information content (AvgIpc) is 2.75. The van der Waals surface area contributed by atoms with Crippen molar-refractivity contribution < 1.29 is 29.1 Å². The van der Waals surface area contributed by atoms with Gasteiger partial charge in [0, 0.05) is 6.42 Å². The first-order valence-corrected chi connectivity index (χ1v) is 10.2. The zero-order chi connectivity index (χ0) is 24.3. The van der Waals surface area contributed by atoms with E-state index < -0.39 is 60.1 Å². The highest BCUT2D eigenvalue weighted by Gasteiger charge is 2.32. The number of primary amides is 1. The summed E-state index contributed by atoms with van der Waals surface area (Å²) in [5, 5.41) is 16.6. The fourth-order valence-electron chi connectivity index (χ4n) is 2.93. The molecule has 32 heavy (non-hydrogen) atoms. The summed E-state index contributed by atoms with van der Waals surface area (Å²) in [7, 11) is 0. The molecule has 176 valence electrons. The molecule has 0 aliphatic rings. The second-order valence-electron chi connectivity index (χ2n) is 7.46. The van der Waals surface area contributed by atoms with Crippen LogP contribution in [0, 0.1) is 5.92 Å². The lowest BCUT2D eigenvalue weighted by Crippen LogP contribution is -2.58. The van der Waals surface area contributed by atoms with Crippen LogP contribution < -0.4 is 27.4 Å². The van der Waals surface area contributed by atoms with Gasteiger partial charge in [-0.3, -0.25) is 19.2 Å². The van der Waals surface area contributed by atoms with E-state index >= 15 is 0 Å². The monoisotopic (exact) mass is 449 g/mol. The van der Waals surface area contributed by atoms with Gasteiger partial charge in [0.2, 0.25) is 23.6 Å². The van der Waals surface area contributed by atoms with E-state index in [2.05, 4.69) is 16.0 Å². The molecule has 0 saturated heterocycles. The maximum atomic E-state index is 12.9. The molecule has 1 aromatic carbocycles. The lowest BCUT2D eigenvalue weighted by molar-refractivity contribution is -0.144. The first-order chi connectivity index (χ1) is 15.1. The molecule has 4 unspecified atom stereocenters. The Morgan fingerprint density at radius 2 is 1.56 bits per heavy atom. The zero-order valence-electron chi connectivity index (χ0n) is 18.2. The minimum Gasteiger partial charge on any atom is -0.480 e. The second-order valence-corrected chi connectivity index (χ2v) is 7.46. The zero-order valence-corrected chi connectivity index (χ0v) is 18.2. The Morgan fingerprint density at radius 3 is 2.06 bits per heavy atom. The molecule has 1 aromatic rings. The summed E-state index contributed by atoms with van der Waals surface area (Å²) in [6.45, 7) is 3.07. The molecule has 0 aliphatic heterocycles. The molecule has 0 heterocycles. The molecular weight excluding hydrogens is 418 g/mol. The van der Waals surface area contributed by atoms with E-state index in [4.69, 9.17) is 11.5 Å². The van der Waals surface area contributed by atoms with Crippen LogP contribution in [0.25, 0.3) is 0 Å². The van der Waals surface area contributed by atoms with E-state index in [-0.39, 0.29) is 13.0 Å². The van der Waals surface area contributed by atoms with Gasteiger partial charge in [-0.2, -0.15) is 0 Å². The van der Waals surface area contributed by atoms with Crippen LogP contribution in [0.5, 0.6) is 0 Å². The van der Waals surface area contributed by atoms with E-state index in [1.54, 1.807) is 44.2 Å². The van der Waals surface area contributed by atoms with Gasteiger partial charge in [0.15, 0.2) is 0 Å².